The number of esters is 1. The Balaban J connectivity index is 1.59. The van der Waals surface area contributed by atoms with E-state index in [4.69, 9.17) is 4.74 Å². The second-order valence-corrected chi connectivity index (χ2v) is 6.77. The summed E-state index contributed by atoms with van der Waals surface area (Å²) in [5, 5.41) is 0. The molecule has 0 radical (unpaired) electrons. The monoisotopic (exact) mass is 370 g/mol. The van der Waals surface area contributed by atoms with Crippen LogP contribution in [0.4, 0.5) is 5.69 Å². The molecule has 1 saturated heterocycles. The van der Waals surface area contributed by atoms with E-state index in [9.17, 15) is 19.2 Å². The summed E-state index contributed by atoms with van der Waals surface area (Å²) in [7, 11) is 1.58. The molecule has 1 fully saturated rings. The highest BCUT2D eigenvalue weighted by Gasteiger charge is 2.50. The first-order chi connectivity index (χ1) is 12.9. The first-order valence-electron chi connectivity index (χ1n) is 8.92. The summed E-state index contributed by atoms with van der Waals surface area (Å²) >= 11 is 0. The lowest BCUT2D eigenvalue weighted by molar-refractivity contribution is -0.159. The molecule has 0 spiro atoms. The quantitative estimate of drug-likeness (QED) is 0.446. The van der Waals surface area contributed by atoms with Gasteiger partial charge in [-0.05, 0) is 31.9 Å². The average molecular weight is 370 g/mol. The molecule has 0 saturated carbocycles. The number of imide groups is 1. The van der Waals surface area contributed by atoms with Crippen molar-refractivity contribution < 1.29 is 23.9 Å². The molecule has 3 rings (SSSR count). The number of anilines is 1. The summed E-state index contributed by atoms with van der Waals surface area (Å²) in [5.41, 5.74) is 0.674. The van der Waals surface area contributed by atoms with Gasteiger partial charge >= 0.3 is 5.97 Å². The number of likely N-dealkylation sites (N-methyl/N-ethyl adjacent to an activating group) is 1. The van der Waals surface area contributed by atoms with E-state index in [1.54, 1.807) is 31.3 Å². The number of amides is 3. The first-order valence-corrected chi connectivity index (χ1v) is 8.92. The maximum atomic E-state index is 12.5. The van der Waals surface area contributed by atoms with Crippen LogP contribution in [0.2, 0.25) is 0 Å². The number of fused-ring (bicyclic) bond motifs is 1. The number of nitrogens with zero attached hydrogens (tertiary/aromatic N) is 2. The van der Waals surface area contributed by atoms with E-state index >= 15 is 0 Å². The molecule has 0 N–H and O–H groups in total. The van der Waals surface area contributed by atoms with Gasteiger partial charge in [0.2, 0.25) is 11.8 Å². The second kappa shape index (κ2) is 7.73. The number of carbonyl (C=O) groups is 4. The fraction of sp³-hybridized carbons (Fsp3) is 0.400. The SMILES string of the molecule is C[C@@H](C(=O)OCC(=O)N(C)c1ccccc1)N1C(=O)[C@H]2CC=CC[C@@H]2C1=O. The zero-order valence-electron chi connectivity index (χ0n) is 15.3. The molecule has 7 heteroatoms. The number of carbonyl (C=O) groups excluding carboxylic acids is 4. The van der Waals surface area contributed by atoms with E-state index in [-0.39, 0.29) is 11.8 Å². The van der Waals surface area contributed by atoms with Gasteiger partial charge < -0.3 is 9.64 Å². The minimum Gasteiger partial charge on any atom is -0.454 e. The van der Waals surface area contributed by atoms with Gasteiger partial charge in [-0.2, -0.15) is 0 Å². The number of benzene rings is 1. The Morgan fingerprint density at radius 1 is 1.11 bits per heavy atom. The van der Waals surface area contributed by atoms with Crippen molar-refractivity contribution in [2.75, 3.05) is 18.6 Å². The van der Waals surface area contributed by atoms with Gasteiger partial charge in [0, 0.05) is 12.7 Å². The maximum absolute atomic E-state index is 12.5. The topological polar surface area (TPSA) is 84.0 Å². The summed E-state index contributed by atoms with van der Waals surface area (Å²) < 4.78 is 5.08. The highest BCUT2D eigenvalue weighted by atomic mass is 16.5. The molecular formula is C20H22N2O5. The van der Waals surface area contributed by atoms with Crippen molar-refractivity contribution in [2.45, 2.75) is 25.8 Å². The number of rotatable bonds is 5. The second-order valence-electron chi connectivity index (χ2n) is 6.77. The maximum Gasteiger partial charge on any atom is 0.329 e. The Bertz CT molecular complexity index is 763. The number of allylic oxidation sites excluding steroid dienone is 2. The van der Waals surface area contributed by atoms with Crippen LogP contribution in [0.1, 0.15) is 19.8 Å². The predicted octanol–water partition coefficient (Wildman–Crippen LogP) is 1.53. The Kier molecular flexibility index (Phi) is 5.39. The average Bonchev–Trinajstić information content (AvgIpc) is 2.96. The summed E-state index contributed by atoms with van der Waals surface area (Å²) in [5.74, 6) is -2.65. The molecule has 2 aliphatic rings. The molecule has 27 heavy (non-hydrogen) atoms. The van der Waals surface area contributed by atoms with Crippen LogP contribution in [0, 0.1) is 11.8 Å². The minimum absolute atomic E-state index is 0.341. The van der Waals surface area contributed by atoms with Gasteiger partial charge in [0.1, 0.15) is 6.04 Å². The van der Waals surface area contributed by atoms with Crippen molar-refractivity contribution in [3.8, 4) is 0 Å². The molecule has 3 amide bonds. The third kappa shape index (κ3) is 3.63. The van der Waals surface area contributed by atoms with Gasteiger partial charge in [-0.15, -0.1) is 0 Å². The Morgan fingerprint density at radius 3 is 2.22 bits per heavy atom. The van der Waals surface area contributed by atoms with Gasteiger partial charge in [0.15, 0.2) is 6.61 Å². The van der Waals surface area contributed by atoms with E-state index in [1.807, 2.05) is 18.2 Å². The van der Waals surface area contributed by atoms with Crippen molar-refractivity contribution in [1.82, 2.24) is 4.90 Å². The van der Waals surface area contributed by atoms with Crippen LogP contribution in [-0.4, -0.2) is 48.3 Å². The summed E-state index contributed by atoms with van der Waals surface area (Å²) in [6, 6.07) is 7.91. The lowest BCUT2D eigenvalue weighted by atomic mass is 9.85. The highest BCUT2D eigenvalue weighted by molar-refractivity contribution is 6.08. The van der Waals surface area contributed by atoms with Gasteiger partial charge in [-0.3, -0.25) is 19.3 Å². The Hall–Kier alpha value is -2.96. The van der Waals surface area contributed by atoms with Crippen LogP contribution in [0.5, 0.6) is 0 Å². The van der Waals surface area contributed by atoms with Gasteiger partial charge in [0.25, 0.3) is 5.91 Å². The van der Waals surface area contributed by atoms with E-state index in [1.165, 1.54) is 11.8 Å². The number of ether oxygens (including phenoxy) is 1. The third-order valence-corrected chi connectivity index (χ3v) is 5.13. The van der Waals surface area contributed by atoms with Crippen LogP contribution in [0.15, 0.2) is 42.5 Å². The molecule has 1 aromatic rings. The van der Waals surface area contributed by atoms with Crippen molar-refractivity contribution in [2.24, 2.45) is 11.8 Å². The lowest BCUT2D eigenvalue weighted by Crippen LogP contribution is -2.45. The fourth-order valence-corrected chi connectivity index (χ4v) is 3.46. The molecule has 0 aromatic heterocycles. The van der Waals surface area contributed by atoms with E-state index in [0.29, 0.717) is 18.5 Å². The Morgan fingerprint density at radius 2 is 1.67 bits per heavy atom. The molecule has 1 aliphatic carbocycles. The molecule has 1 aliphatic heterocycles. The smallest absolute Gasteiger partial charge is 0.329 e. The normalized spacial score (nSPS) is 22.4. The summed E-state index contributed by atoms with van der Waals surface area (Å²) in [6.45, 7) is 0.994. The largest absolute Gasteiger partial charge is 0.454 e. The molecule has 1 heterocycles. The molecule has 0 bridgehead atoms. The molecule has 7 nitrogen and oxygen atoms in total. The van der Waals surface area contributed by atoms with E-state index in [0.717, 1.165) is 4.90 Å². The van der Waals surface area contributed by atoms with Crippen LogP contribution >= 0.6 is 0 Å². The van der Waals surface area contributed by atoms with E-state index in [2.05, 4.69) is 0 Å². The predicted molar refractivity (Wildman–Crippen MR) is 97.5 cm³/mol. The number of hydrogen-bond acceptors (Lipinski definition) is 5. The minimum atomic E-state index is -1.05. The standard InChI is InChI=1S/C20H22N2O5/c1-13(22-18(24)15-10-6-7-11-16(15)19(22)25)20(26)27-12-17(23)21(2)14-8-4-3-5-9-14/h3-9,13,15-16H,10-12H2,1-2H3/t13-,15-,16-/m0/s1. The van der Waals surface area contributed by atoms with Crippen LogP contribution in [-0.2, 0) is 23.9 Å². The third-order valence-electron chi connectivity index (χ3n) is 5.13. The van der Waals surface area contributed by atoms with E-state index < -0.39 is 36.4 Å². The summed E-state index contributed by atoms with van der Waals surface area (Å²) in [6.07, 6.45) is 4.79. The van der Waals surface area contributed by atoms with Gasteiger partial charge in [-0.1, -0.05) is 30.4 Å². The van der Waals surface area contributed by atoms with Crippen LogP contribution < -0.4 is 4.90 Å². The van der Waals surface area contributed by atoms with Crippen LogP contribution in [0.3, 0.4) is 0 Å². The van der Waals surface area contributed by atoms with Gasteiger partial charge in [0.05, 0.1) is 11.8 Å². The number of hydrogen-bond donors (Lipinski definition) is 0. The van der Waals surface area contributed by atoms with Gasteiger partial charge in [-0.25, -0.2) is 4.79 Å². The lowest BCUT2D eigenvalue weighted by Gasteiger charge is -2.22. The zero-order valence-corrected chi connectivity index (χ0v) is 15.3. The number of para-hydroxylation sites is 1. The Labute approximate surface area is 157 Å². The van der Waals surface area contributed by atoms with Crippen molar-refractivity contribution in [3.05, 3.63) is 42.5 Å². The molecule has 3 atom stereocenters. The number of likely N-dealkylation sites (tertiary alicyclic amines) is 1. The molecular weight excluding hydrogens is 348 g/mol. The summed E-state index contributed by atoms with van der Waals surface area (Å²) in [4.78, 5) is 52.0. The zero-order chi connectivity index (χ0) is 19.6. The van der Waals surface area contributed by atoms with Crippen molar-refractivity contribution in [3.63, 3.8) is 0 Å². The first kappa shape index (κ1) is 18.8. The van der Waals surface area contributed by atoms with Crippen LogP contribution in [0.25, 0.3) is 0 Å². The highest BCUT2D eigenvalue weighted by Crippen LogP contribution is 2.36. The molecule has 1 aromatic carbocycles. The molecule has 142 valence electrons. The van der Waals surface area contributed by atoms with Crippen molar-refractivity contribution >= 4 is 29.4 Å². The molecule has 0 unspecified atom stereocenters. The van der Waals surface area contributed by atoms with Crippen molar-refractivity contribution in [1.29, 1.82) is 0 Å². The fourth-order valence-electron chi connectivity index (χ4n) is 3.46.